The van der Waals surface area contributed by atoms with Gasteiger partial charge >= 0.3 is 0 Å². The molecular formula is C15H20BrN. The van der Waals surface area contributed by atoms with Gasteiger partial charge in [-0.15, -0.1) is 0 Å². The van der Waals surface area contributed by atoms with Gasteiger partial charge in [0.2, 0.25) is 0 Å². The summed E-state index contributed by atoms with van der Waals surface area (Å²) >= 11 is 3.59. The number of aryl methyl sites for hydroxylation is 1. The molecule has 0 bridgehead atoms. The van der Waals surface area contributed by atoms with Gasteiger partial charge in [0.15, 0.2) is 0 Å². The lowest BCUT2D eigenvalue weighted by molar-refractivity contribution is 0.244. The fraction of sp³-hybridized carbons (Fsp3) is 0.600. The van der Waals surface area contributed by atoms with E-state index in [2.05, 4.69) is 34.1 Å². The van der Waals surface area contributed by atoms with Crippen LogP contribution in [0.2, 0.25) is 0 Å². The summed E-state index contributed by atoms with van der Waals surface area (Å²) in [6, 6.07) is 6.88. The Balaban J connectivity index is 2.10. The van der Waals surface area contributed by atoms with Crippen molar-refractivity contribution in [3.05, 3.63) is 33.8 Å². The Morgan fingerprint density at radius 1 is 1.29 bits per heavy atom. The van der Waals surface area contributed by atoms with E-state index in [0.717, 1.165) is 6.54 Å². The third-order valence-corrected chi connectivity index (χ3v) is 5.42. The lowest BCUT2D eigenvalue weighted by atomic mass is 9.62. The Hall–Kier alpha value is -0.340. The molecule has 1 nitrogen and oxygen atoms in total. The number of fused-ring (bicyclic) bond motifs is 2. The van der Waals surface area contributed by atoms with Gasteiger partial charge in [-0.1, -0.05) is 34.8 Å². The summed E-state index contributed by atoms with van der Waals surface area (Å²) in [6.45, 7) is 0.857. The number of hydrogen-bond acceptors (Lipinski definition) is 1. The van der Waals surface area contributed by atoms with Crippen LogP contribution in [0.1, 0.15) is 43.2 Å². The molecule has 0 radical (unpaired) electrons. The van der Waals surface area contributed by atoms with E-state index in [-0.39, 0.29) is 0 Å². The second-order valence-electron chi connectivity index (χ2n) is 5.64. The van der Waals surface area contributed by atoms with Crippen LogP contribution < -0.4 is 5.73 Å². The number of benzene rings is 1. The highest BCUT2D eigenvalue weighted by atomic mass is 79.9. The van der Waals surface area contributed by atoms with Crippen LogP contribution in [0.25, 0.3) is 0 Å². The molecule has 0 aromatic heterocycles. The van der Waals surface area contributed by atoms with Gasteiger partial charge in [-0.05, 0) is 66.8 Å². The lowest BCUT2D eigenvalue weighted by Crippen LogP contribution is -2.41. The zero-order valence-electron chi connectivity index (χ0n) is 10.2. The Kier molecular flexibility index (Phi) is 3.04. The van der Waals surface area contributed by atoms with E-state index in [1.807, 2.05) is 0 Å². The van der Waals surface area contributed by atoms with Gasteiger partial charge in [0.05, 0.1) is 0 Å². The van der Waals surface area contributed by atoms with Crippen LogP contribution in [-0.4, -0.2) is 6.54 Å². The predicted molar refractivity (Wildman–Crippen MR) is 75.2 cm³/mol. The standard InChI is InChI=1S/C15H20BrN/c16-13-5-6-14-11(9-13)3-4-12(10-17)15(14)7-1-2-8-15/h5-6,9,12H,1-4,7-8,10,17H2. The van der Waals surface area contributed by atoms with E-state index in [1.165, 1.54) is 43.0 Å². The summed E-state index contributed by atoms with van der Waals surface area (Å²) in [5, 5.41) is 0. The molecule has 0 saturated heterocycles. The largest absolute Gasteiger partial charge is 0.330 e. The smallest absolute Gasteiger partial charge is 0.0178 e. The Morgan fingerprint density at radius 2 is 2.06 bits per heavy atom. The Morgan fingerprint density at radius 3 is 2.76 bits per heavy atom. The summed E-state index contributed by atoms with van der Waals surface area (Å²) in [5.41, 5.74) is 9.63. The van der Waals surface area contributed by atoms with E-state index >= 15 is 0 Å². The molecule has 1 atom stereocenters. The van der Waals surface area contributed by atoms with Crippen molar-refractivity contribution in [2.45, 2.75) is 43.9 Å². The molecule has 2 aliphatic rings. The molecule has 1 fully saturated rings. The molecular weight excluding hydrogens is 274 g/mol. The van der Waals surface area contributed by atoms with Gasteiger partial charge in [-0.25, -0.2) is 0 Å². The number of halogens is 1. The molecule has 1 aromatic rings. The molecule has 1 saturated carbocycles. The topological polar surface area (TPSA) is 26.0 Å². The zero-order valence-corrected chi connectivity index (χ0v) is 11.8. The van der Waals surface area contributed by atoms with Crippen molar-refractivity contribution in [3.8, 4) is 0 Å². The number of nitrogens with two attached hydrogens (primary N) is 1. The quantitative estimate of drug-likeness (QED) is 0.838. The first-order chi connectivity index (χ1) is 8.26. The van der Waals surface area contributed by atoms with Gasteiger partial charge in [0, 0.05) is 4.47 Å². The first-order valence-electron chi connectivity index (χ1n) is 6.75. The third kappa shape index (κ3) is 1.77. The van der Waals surface area contributed by atoms with Gasteiger partial charge in [-0.2, -0.15) is 0 Å². The maximum atomic E-state index is 6.04. The van der Waals surface area contributed by atoms with Gasteiger partial charge < -0.3 is 5.73 Å². The molecule has 2 N–H and O–H groups in total. The maximum Gasteiger partial charge on any atom is 0.0178 e. The molecule has 1 spiro atoms. The molecule has 2 heteroatoms. The third-order valence-electron chi connectivity index (χ3n) is 4.93. The second-order valence-corrected chi connectivity index (χ2v) is 6.55. The highest BCUT2D eigenvalue weighted by Gasteiger charge is 2.45. The summed E-state index contributed by atoms with van der Waals surface area (Å²) in [4.78, 5) is 0. The average molecular weight is 294 g/mol. The molecule has 0 heterocycles. The molecule has 0 amide bonds. The van der Waals surface area contributed by atoms with Crippen LogP contribution in [0.3, 0.4) is 0 Å². The first-order valence-corrected chi connectivity index (χ1v) is 7.54. The molecule has 1 unspecified atom stereocenters. The number of rotatable bonds is 1. The molecule has 0 aliphatic heterocycles. The van der Waals surface area contributed by atoms with Crippen molar-refractivity contribution >= 4 is 15.9 Å². The monoisotopic (exact) mass is 293 g/mol. The van der Waals surface area contributed by atoms with Gasteiger partial charge in [0.25, 0.3) is 0 Å². The van der Waals surface area contributed by atoms with E-state index < -0.39 is 0 Å². The summed E-state index contributed by atoms with van der Waals surface area (Å²) in [6.07, 6.45) is 7.95. The SMILES string of the molecule is NCC1CCc2cc(Br)ccc2C12CCCC2. The second kappa shape index (κ2) is 4.40. The van der Waals surface area contributed by atoms with Crippen molar-refractivity contribution in [2.75, 3.05) is 6.54 Å². The summed E-state index contributed by atoms with van der Waals surface area (Å²) < 4.78 is 1.22. The van der Waals surface area contributed by atoms with Crippen molar-refractivity contribution in [1.29, 1.82) is 0 Å². The van der Waals surface area contributed by atoms with Crippen LogP contribution in [0.15, 0.2) is 22.7 Å². The number of hydrogen-bond donors (Lipinski definition) is 1. The van der Waals surface area contributed by atoms with E-state index in [1.54, 1.807) is 11.1 Å². The van der Waals surface area contributed by atoms with Crippen molar-refractivity contribution in [3.63, 3.8) is 0 Å². The van der Waals surface area contributed by atoms with Crippen molar-refractivity contribution in [1.82, 2.24) is 0 Å². The minimum atomic E-state index is 0.420. The van der Waals surface area contributed by atoms with Crippen molar-refractivity contribution in [2.24, 2.45) is 11.7 Å². The minimum absolute atomic E-state index is 0.420. The predicted octanol–water partition coefficient (Wildman–Crippen LogP) is 3.78. The van der Waals surface area contributed by atoms with Crippen LogP contribution in [0.5, 0.6) is 0 Å². The highest BCUT2D eigenvalue weighted by molar-refractivity contribution is 9.10. The molecule has 92 valence electrons. The van der Waals surface area contributed by atoms with Crippen LogP contribution >= 0.6 is 15.9 Å². The van der Waals surface area contributed by atoms with E-state index in [9.17, 15) is 0 Å². The Labute approximate surface area is 112 Å². The first kappa shape index (κ1) is 11.7. The van der Waals surface area contributed by atoms with Crippen LogP contribution in [0, 0.1) is 5.92 Å². The minimum Gasteiger partial charge on any atom is -0.330 e. The molecule has 3 rings (SSSR count). The highest BCUT2D eigenvalue weighted by Crippen LogP contribution is 2.51. The summed E-state index contributed by atoms with van der Waals surface area (Å²) in [5.74, 6) is 0.707. The molecule has 17 heavy (non-hydrogen) atoms. The maximum absolute atomic E-state index is 6.04. The molecule has 2 aliphatic carbocycles. The fourth-order valence-electron chi connectivity index (χ4n) is 4.11. The zero-order chi connectivity index (χ0) is 11.9. The van der Waals surface area contributed by atoms with Crippen LogP contribution in [-0.2, 0) is 11.8 Å². The van der Waals surface area contributed by atoms with Gasteiger partial charge in [0.1, 0.15) is 0 Å². The van der Waals surface area contributed by atoms with Gasteiger partial charge in [-0.3, -0.25) is 0 Å². The normalized spacial score (nSPS) is 26.1. The Bertz CT molecular complexity index is 421. The van der Waals surface area contributed by atoms with Crippen LogP contribution in [0.4, 0.5) is 0 Å². The van der Waals surface area contributed by atoms with Crippen molar-refractivity contribution < 1.29 is 0 Å². The van der Waals surface area contributed by atoms with E-state index in [0.29, 0.717) is 11.3 Å². The molecule has 1 aromatic carbocycles. The summed E-state index contributed by atoms with van der Waals surface area (Å²) in [7, 11) is 0. The fourth-order valence-corrected chi connectivity index (χ4v) is 4.52. The van der Waals surface area contributed by atoms with E-state index in [4.69, 9.17) is 5.73 Å². The lowest BCUT2D eigenvalue weighted by Gasteiger charge is -2.43. The average Bonchev–Trinajstić information content (AvgIpc) is 2.79.